The van der Waals surface area contributed by atoms with Gasteiger partial charge in [-0.25, -0.2) is 0 Å². The third-order valence-corrected chi connectivity index (χ3v) is 4.35. The molecule has 1 atom stereocenters. The van der Waals surface area contributed by atoms with Crippen molar-refractivity contribution in [2.24, 2.45) is 4.99 Å². The van der Waals surface area contributed by atoms with Crippen LogP contribution in [0.3, 0.4) is 0 Å². The molecule has 0 aromatic carbocycles. The van der Waals surface area contributed by atoms with Crippen LogP contribution in [0.25, 0.3) is 0 Å². The van der Waals surface area contributed by atoms with E-state index in [0.29, 0.717) is 0 Å². The third-order valence-electron chi connectivity index (χ3n) is 4.35. The summed E-state index contributed by atoms with van der Waals surface area (Å²) in [6, 6.07) is 4.29. The summed E-state index contributed by atoms with van der Waals surface area (Å²) >= 11 is 0. The van der Waals surface area contributed by atoms with Crippen molar-refractivity contribution < 1.29 is 9.15 Å². The molecule has 0 bridgehead atoms. The molecule has 0 radical (unpaired) electrons. The summed E-state index contributed by atoms with van der Waals surface area (Å²) < 4.78 is 11.0. The predicted molar refractivity (Wildman–Crippen MR) is 97.3 cm³/mol. The maximum atomic E-state index is 5.68. The van der Waals surface area contributed by atoms with Gasteiger partial charge in [-0.15, -0.1) is 0 Å². The van der Waals surface area contributed by atoms with Gasteiger partial charge in [-0.05, 0) is 51.4 Å². The van der Waals surface area contributed by atoms with E-state index in [2.05, 4.69) is 26.6 Å². The highest BCUT2D eigenvalue weighted by atomic mass is 16.5. The van der Waals surface area contributed by atoms with E-state index in [9.17, 15) is 0 Å². The Balaban J connectivity index is 1.82. The lowest BCUT2D eigenvalue weighted by molar-refractivity contribution is 0.144. The van der Waals surface area contributed by atoms with Gasteiger partial charge < -0.3 is 19.8 Å². The second-order valence-corrected chi connectivity index (χ2v) is 6.06. The van der Waals surface area contributed by atoms with Crippen LogP contribution in [0.2, 0.25) is 0 Å². The molecule has 2 rings (SSSR count). The Hall–Kier alpha value is -1.53. The Morgan fingerprint density at radius 1 is 1.33 bits per heavy atom. The molecule has 0 aliphatic carbocycles. The van der Waals surface area contributed by atoms with Crippen LogP contribution in [-0.2, 0) is 4.74 Å². The van der Waals surface area contributed by atoms with Crippen LogP contribution < -0.4 is 10.6 Å². The molecule has 1 saturated heterocycles. The van der Waals surface area contributed by atoms with Crippen LogP contribution in [0, 0.1) is 0 Å². The SMILES string of the molecule is CCOCCCNC(=NC)NCC(c1ccco1)N1CCCCC1. The minimum absolute atomic E-state index is 0.252. The number of rotatable bonds is 9. The highest BCUT2D eigenvalue weighted by Crippen LogP contribution is 2.24. The fourth-order valence-electron chi connectivity index (χ4n) is 3.06. The first-order valence-electron chi connectivity index (χ1n) is 9.15. The molecule has 0 amide bonds. The maximum Gasteiger partial charge on any atom is 0.191 e. The fourth-order valence-corrected chi connectivity index (χ4v) is 3.06. The highest BCUT2D eigenvalue weighted by molar-refractivity contribution is 5.79. The van der Waals surface area contributed by atoms with E-state index in [0.717, 1.165) is 57.5 Å². The number of likely N-dealkylation sites (tertiary alicyclic amines) is 1. The number of nitrogens with one attached hydrogen (secondary N) is 2. The number of aliphatic imine (C=N–C) groups is 1. The minimum atomic E-state index is 0.252. The molecule has 2 N–H and O–H groups in total. The Morgan fingerprint density at radius 2 is 2.17 bits per heavy atom. The van der Waals surface area contributed by atoms with Gasteiger partial charge in [0.2, 0.25) is 0 Å². The van der Waals surface area contributed by atoms with Gasteiger partial charge in [-0.1, -0.05) is 6.42 Å². The Labute approximate surface area is 145 Å². The largest absolute Gasteiger partial charge is 0.468 e. The van der Waals surface area contributed by atoms with Gasteiger partial charge in [0.05, 0.1) is 12.3 Å². The van der Waals surface area contributed by atoms with Crippen molar-refractivity contribution in [3.8, 4) is 0 Å². The third kappa shape index (κ3) is 6.17. The molecule has 1 aromatic rings. The van der Waals surface area contributed by atoms with E-state index in [1.165, 1.54) is 19.3 Å². The molecule has 1 fully saturated rings. The Bertz CT molecular complexity index is 456. The van der Waals surface area contributed by atoms with Crippen molar-refractivity contribution in [3.05, 3.63) is 24.2 Å². The summed E-state index contributed by atoms with van der Waals surface area (Å²) in [4.78, 5) is 6.82. The topological polar surface area (TPSA) is 62.0 Å². The van der Waals surface area contributed by atoms with E-state index in [1.807, 2.05) is 13.0 Å². The number of piperidine rings is 1. The predicted octanol–water partition coefficient (Wildman–Crippen LogP) is 2.40. The summed E-state index contributed by atoms with van der Waals surface area (Å²) in [6.45, 7) is 7.48. The summed E-state index contributed by atoms with van der Waals surface area (Å²) in [6.07, 6.45) is 6.59. The maximum absolute atomic E-state index is 5.68. The average Bonchev–Trinajstić information content (AvgIpc) is 3.15. The first-order chi connectivity index (χ1) is 11.8. The van der Waals surface area contributed by atoms with Crippen molar-refractivity contribution >= 4 is 5.96 Å². The molecule has 1 aromatic heterocycles. The molecule has 1 aliphatic rings. The minimum Gasteiger partial charge on any atom is -0.468 e. The quantitative estimate of drug-likeness (QED) is 0.412. The molecular weight excluding hydrogens is 304 g/mol. The van der Waals surface area contributed by atoms with Gasteiger partial charge in [-0.3, -0.25) is 9.89 Å². The van der Waals surface area contributed by atoms with Crippen LogP contribution in [0.5, 0.6) is 0 Å². The number of nitrogens with zero attached hydrogens (tertiary/aromatic N) is 2. The first kappa shape index (κ1) is 18.8. The normalized spacial score (nSPS) is 17.7. The summed E-state index contributed by atoms with van der Waals surface area (Å²) in [5.74, 6) is 1.86. The zero-order valence-electron chi connectivity index (χ0n) is 15.1. The standard InChI is InChI=1S/C18H32N4O2/c1-3-23-13-8-10-20-18(19-2)21-15-16(17-9-7-14-24-17)22-11-5-4-6-12-22/h7,9,14,16H,3-6,8,10-13,15H2,1-2H3,(H2,19,20,21). The van der Waals surface area contributed by atoms with Gasteiger partial charge in [0, 0.05) is 33.4 Å². The van der Waals surface area contributed by atoms with Crippen molar-refractivity contribution in [1.29, 1.82) is 0 Å². The molecular formula is C18H32N4O2. The number of hydrogen-bond acceptors (Lipinski definition) is 4. The number of furan rings is 1. The summed E-state index contributed by atoms with van der Waals surface area (Å²) in [5, 5.41) is 6.78. The zero-order chi connectivity index (χ0) is 17.0. The average molecular weight is 336 g/mol. The summed E-state index contributed by atoms with van der Waals surface area (Å²) in [7, 11) is 1.81. The van der Waals surface area contributed by atoms with Crippen LogP contribution in [0.4, 0.5) is 0 Å². The lowest BCUT2D eigenvalue weighted by Crippen LogP contribution is -2.44. The van der Waals surface area contributed by atoms with Gasteiger partial charge in [0.25, 0.3) is 0 Å². The molecule has 24 heavy (non-hydrogen) atoms. The second-order valence-electron chi connectivity index (χ2n) is 6.06. The first-order valence-corrected chi connectivity index (χ1v) is 9.15. The van der Waals surface area contributed by atoms with E-state index < -0.39 is 0 Å². The van der Waals surface area contributed by atoms with Crippen LogP contribution in [0.1, 0.15) is 44.4 Å². The molecule has 0 spiro atoms. The smallest absolute Gasteiger partial charge is 0.191 e. The van der Waals surface area contributed by atoms with Crippen molar-refractivity contribution in [2.45, 2.75) is 38.6 Å². The van der Waals surface area contributed by atoms with Crippen molar-refractivity contribution in [3.63, 3.8) is 0 Å². The van der Waals surface area contributed by atoms with Gasteiger partial charge in [-0.2, -0.15) is 0 Å². The van der Waals surface area contributed by atoms with E-state index in [-0.39, 0.29) is 6.04 Å². The monoisotopic (exact) mass is 336 g/mol. The van der Waals surface area contributed by atoms with Crippen molar-refractivity contribution in [2.75, 3.05) is 46.4 Å². The Morgan fingerprint density at radius 3 is 2.83 bits per heavy atom. The number of guanidine groups is 1. The van der Waals surface area contributed by atoms with Gasteiger partial charge in [0.15, 0.2) is 5.96 Å². The van der Waals surface area contributed by atoms with Crippen LogP contribution in [-0.4, -0.2) is 57.3 Å². The number of hydrogen-bond donors (Lipinski definition) is 2. The highest BCUT2D eigenvalue weighted by Gasteiger charge is 2.24. The van der Waals surface area contributed by atoms with Crippen molar-refractivity contribution in [1.82, 2.24) is 15.5 Å². The van der Waals surface area contributed by atoms with Gasteiger partial charge in [0.1, 0.15) is 5.76 Å². The summed E-state index contributed by atoms with van der Waals surface area (Å²) in [5.41, 5.74) is 0. The Kier molecular flexibility index (Phi) is 8.70. The van der Waals surface area contributed by atoms with E-state index in [1.54, 1.807) is 13.3 Å². The zero-order valence-corrected chi connectivity index (χ0v) is 15.1. The molecule has 136 valence electrons. The van der Waals surface area contributed by atoms with E-state index >= 15 is 0 Å². The van der Waals surface area contributed by atoms with Gasteiger partial charge >= 0.3 is 0 Å². The molecule has 1 unspecified atom stereocenters. The van der Waals surface area contributed by atoms with E-state index in [4.69, 9.17) is 9.15 Å². The molecule has 2 heterocycles. The lowest BCUT2D eigenvalue weighted by Gasteiger charge is -2.33. The molecule has 6 nitrogen and oxygen atoms in total. The molecule has 0 saturated carbocycles. The molecule has 6 heteroatoms. The van der Waals surface area contributed by atoms with Crippen LogP contribution >= 0.6 is 0 Å². The number of ether oxygens (including phenoxy) is 1. The fraction of sp³-hybridized carbons (Fsp3) is 0.722. The van der Waals surface area contributed by atoms with Crippen LogP contribution in [0.15, 0.2) is 27.8 Å². The lowest BCUT2D eigenvalue weighted by atomic mass is 10.1. The second kappa shape index (κ2) is 11.1. The molecule has 1 aliphatic heterocycles.